The second-order valence-electron chi connectivity index (χ2n) is 3.60. The smallest absolute Gasteiger partial charge is 0.313 e. The fraction of sp³-hybridized carbons (Fsp3) is 0.462. The zero-order valence-electron chi connectivity index (χ0n) is 10.3. The Morgan fingerprint density at radius 3 is 2.65 bits per heavy atom. The van der Waals surface area contributed by atoms with Gasteiger partial charge in [-0.3, -0.25) is 4.79 Å². The van der Waals surface area contributed by atoms with Crippen LogP contribution in [0.25, 0.3) is 0 Å². The summed E-state index contributed by atoms with van der Waals surface area (Å²) < 4.78 is 23.3. The van der Waals surface area contributed by atoms with Gasteiger partial charge >= 0.3 is 5.97 Å². The summed E-state index contributed by atoms with van der Waals surface area (Å²) in [4.78, 5) is 11.8. The van der Waals surface area contributed by atoms with E-state index < -0.39 is 5.92 Å². The van der Waals surface area contributed by atoms with Crippen molar-refractivity contribution < 1.29 is 18.7 Å². The predicted octanol–water partition coefficient (Wildman–Crippen LogP) is 2.89. The maximum Gasteiger partial charge on any atom is 0.313 e. The number of hydrogen-bond acceptors (Lipinski definition) is 3. The Bertz CT molecular complexity index is 390. The number of ether oxygens (including phenoxy) is 2. The van der Waals surface area contributed by atoms with E-state index in [9.17, 15) is 9.18 Å². The summed E-state index contributed by atoms with van der Waals surface area (Å²) in [5.74, 6) is -0.714. The van der Waals surface area contributed by atoms with Crippen LogP contribution >= 0.6 is 0 Å². The van der Waals surface area contributed by atoms with Crippen LogP contribution < -0.4 is 4.74 Å². The van der Waals surface area contributed by atoms with Crippen LogP contribution in [0.4, 0.5) is 4.39 Å². The molecule has 1 atom stereocenters. The van der Waals surface area contributed by atoms with Crippen molar-refractivity contribution in [2.45, 2.75) is 26.2 Å². The molecule has 94 valence electrons. The molecule has 0 N–H and O–H groups in total. The Kier molecular flexibility index (Phi) is 4.94. The summed E-state index contributed by atoms with van der Waals surface area (Å²) in [7, 11) is 1.49. The lowest BCUT2D eigenvalue weighted by Gasteiger charge is -2.16. The summed E-state index contributed by atoms with van der Waals surface area (Å²) in [5, 5.41) is 0. The number of carbonyl (C=O) groups is 1. The molecule has 0 aliphatic carbocycles. The van der Waals surface area contributed by atoms with E-state index in [0.717, 1.165) is 0 Å². The molecule has 1 aromatic rings. The van der Waals surface area contributed by atoms with Crippen LogP contribution in [0.5, 0.6) is 5.75 Å². The fourth-order valence-electron chi connectivity index (χ4n) is 1.73. The van der Waals surface area contributed by atoms with Gasteiger partial charge < -0.3 is 9.47 Å². The molecule has 4 heteroatoms. The molecule has 0 saturated heterocycles. The predicted molar refractivity (Wildman–Crippen MR) is 62.6 cm³/mol. The van der Waals surface area contributed by atoms with E-state index in [1.807, 2.05) is 6.92 Å². The summed E-state index contributed by atoms with van der Waals surface area (Å²) >= 11 is 0. The van der Waals surface area contributed by atoms with Gasteiger partial charge in [-0.25, -0.2) is 4.39 Å². The lowest BCUT2D eigenvalue weighted by Crippen LogP contribution is -2.16. The van der Waals surface area contributed by atoms with Crippen LogP contribution in [0, 0.1) is 5.82 Å². The van der Waals surface area contributed by atoms with Gasteiger partial charge in [-0.1, -0.05) is 6.92 Å². The molecule has 1 unspecified atom stereocenters. The molecule has 0 aliphatic heterocycles. The molecule has 0 heterocycles. The van der Waals surface area contributed by atoms with Gasteiger partial charge in [0.25, 0.3) is 0 Å². The first-order chi connectivity index (χ1) is 8.13. The second-order valence-corrected chi connectivity index (χ2v) is 3.60. The third-order valence-corrected chi connectivity index (χ3v) is 2.55. The van der Waals surface area contributed by atoms with Crippen LogP contribution in [0.2, 0.25) is 0 Å². The van der Waals surface area contributed by atoms with Crippen LogP contribution in [0.1, 0.15) is 31.7 Å². The number of methoxy groups -OCH3 is 1. The summed E-state index contributed by atoms with van der Waals surface area (Å²) in [6.07, 6.45) is 0.540. The first-order valence-corrected chi connectivity index (χ1v) is 5.64. The molecule has 17 heavy (non-hydrogen) atoms. The maximum absolute atomic E-state index is 13.2. The van der Waals surface area contributed by atoms with Crippen molar-refractivity contribution in [3.05, 3.63) is 29.6 Å². The largest absolute Gasteiger partial charge is 0.496 e. The van der Waals surface area contributed by atoms with E-state index in [0.29, 0.717) is 24.3 Å². The van der Waals surface area contributed by atoms with Crippen LogP contribution in [0.3, 0.4) is 0 Å². The van der Waals surface area contributed by atoms with Gasteiger partial charge in [0.15, 0.2) is 0 Å². The van der Waals surface area contributed by atoms with Gasteiger partial charge in [-0.15, -0.1) is 0 Å². The highest BCUT2D eigenvalue weighted by molar-refractivity contribution is 5.79. The highest BCUT2D eigenvalue weighted by atomic mass is 19.1. The first kappa shape index (κ1) is 13.5. The third kappa shape index (κ3) is 3.19. The number of esters is 1. The lowest BCUT2D eigenvalue weighted by molar-refractivity contribution is -0.145. The minimum atomic E-state index is -0.486. The van der Waals surface area contributed by atoms with Crippen molar-refractivity contribution in [3.8, 4) is 5.75 Å². The molecule has 0 fully saturated rings. The molecule has 0 amide bonds. The van der Waals surface area contributed by atoms with E-state index in [1.165, 1.54) is 25.3 Å². The molecular weight excluding hydrogens is 223 g/mol. The molecule has 0 spiro atoms. The van der Waals surface area contributed by atoms with E-state index in [4.69, 9.17) is 9.47 Å². The molecule has 1 rings (SSSR count). The molecule has 0 aromatic heterocycles. The molecule has 0 radical (unpaired) electrons. The van der Waals surface area contributed by atoms with E-state index in [1.54, 1.807) is 6.92 Å². The van der Waals surface area contributed by atoms with Crippen molar-refractivity contribution in [2.75, 3.05) is 13.7 Å². The van der Waals surface area contributed by atoms with Crippen molar-refractivity contribution in [1.29, 1.82) is 0 Å². The Morgan fingerprint density at radius 1 is 1.41 bits per heavy atom. The van der Waals surface area contributed by atoms with E-state index >= 15 is 0 Å². The van der Waals surface area contributed by atoms with Gasteiger partial charge in [0.1, 0.15) is 11.6 Å². The fourth-order valence-corrected chi connectivity index (χ4v) is 1.73. The van der Waals surface area contributed by atoms with Gasteiger partial charge in [0.2, 0.25) is 0 Å². The molecule has 1 aromatic carbocycles. The van der Waals surface area contributed by atoms with Gasteiger partial charge in [-0.2, -0.15) is 0 Å². The number of benzene rings is 1. The summed E-state index contributed by atoms with van der Waals surface area (Å²) in [6.45, 7) is 3.91. The quantitative estimate of drug-likeness (QED) is 0.742. The lowest BCUT2D eigenvalue weighted by atomic mass is 9.95. The Balaban J connectivity index is 3.09. The number of halogens is 1. The first-order valence-electron chi connectivity index (χ1n) is 5.64. The van der Waals surface area contributed by atoms with Crippen LogP contribution in [-0.2, 0) is 9.53 Å². The van der Waals surface area contributed by atoms with Gasteiger partial charge in [0, 0.05) is 5.56 Å². The normalized spacial score (nSPS) is 12.0. The SMILES string of the molecule is CCOC(=O)C(CC)c1cc(F)ccc1OC. The minimum Gasteiger partial charge on any atom is -0.496 e. The topological polar surface area (TPSA) is 35.5 Å². The average Bonchev–Trinajstić information content (AvgIpc) is 2.31. The highest BCUT2D eigenvalue weighted by Crippen LogP contribution is 2.30. The van der Waals surface area contributed by atoms with Crippen molar-refractivity contribution in [3.63, 3.8) is 0 Å². The molecule has 0 aliphatic rings. The molecular formula is C13H17FO3. The van der Waals surface area contributed by atoms with Gasteiger partial charge in [0.05, 0.1) is 19.6 Å². The van der Waals surface area contributed by atoms with E-state index in [2.05, 4.69) is 0 Å². The van der Waals surface area contributed by atoms with Crippen molar-refractivity contribution in [1.82, 2.24) is 0 Å². The van der Waals surface area contributed by atoms with E-state index in [-0.39, 0.29) is 11.8 Å². The standard InChI is InChI=1S/C13H17FO3/c1-4-10(13(15)17-5-2)11-8-9(14)6-7-12(11)16-3/h6-8,10H,4-5H2,1-3H3. The Labute approximate surface area is 101 Å². The molecule has 3 nitrogen and oxygen atoms in total. The average molecular weight is 240 g/mol. The third-order valence-electron chi connectivity index (χ3n) is 2.55. The second kappa shape index (κ2) is 6.23. The maximum atomic E-state index is 13.2. The number of rotatable bonds is 5. The van der Waals surface area contributed by atoms with Crippen LogP contribution in [-0.4, -0.2) is 19.7 Å². The van der Waals surface area contributed by atoms with Crippen molar-refractivity contribution in [2.24, 2.45) is 0 Å². The molecule has 0 bridgehead atoms. The van der Waals surface area contributed by atoms with Crippen LogP contribution in [0.15, 0.2) is 18.2 Å². The zero-order chi connectivity index (χ0) is 12.8. The highest BCUT2D eigenvalue weighted by Gasteiger charge is 2.23. The minimum absolute atomic E-state index is 0.312. The summed E-state index contributed by atoms with van der Waals surface area (Å²) in [6, 6.07) is 4.15. The number of carbonyl (C=O) groups excluding carboxylic acids is 1. The Hall–Kier alpha value is -1.58. The monoisotopic (exact) mass is 240 g/mol. The zero-order valence-corrected chi connectivity index (χ0v) is 10.3. The summed E-state index contributed by atoms with van der Waals surface area (Å²) in [5.41, 5.74) is 0.536. The van der Waals surface area contributed by atoms with Gasteiger partial charge in [-0.05, 0) is 31.5 Å². The Morgan fingerprint density at radius 2 is 2.12 bits per heavy atom. The molecule has 0 saturated carbocycles. The number of hydrogen-bond donors (Lipinski definition) is 0. The van der Waals surface area contributed by atoms with Crippen molar-refractivity contribution >= 4 is 5.97 Å².